The molecule has 0 fully saturated rings. The van der Waals surface area contributed by atoms with Gasteiger partial charge in [0.15, 0.2) is 11.6 Å². The highest BCUT2D eigenvalue weighted by molar-refractivity contribution is 7.15. The Kier molecular flexibility index (Phi) is 6.22. The first kappa shape index (κ1) is 18.7. The van der Waals surface area contributed by atoms with E-state index in [1.807, 2.05) is 55.5 Å². The average molecular weight is 385 g/mol. The highest BCUT2D eigenvalue weighted by Gasteiger charge is 2.09. The molecule has 0 unspecified atom stereocenters. The van der Waals surface area contributed by atoms with Crippen LogP contribution < -0.4 is 19.5 Å². The van der Waals surface area contributed by atoms with Gasteiger partial charge in [-0.1, -0.05) is 29.0 Å². The summed E-state index contributed by atoms with van der Waals surface area (Å²) in [5.41, 5.74) is 1.13. The number of amides is 1. The molecule has 8 heteroatoms. The number of carbonyl (C=O) groups is 1. The molecule has 0 aliphatic heterocycles. The highest BCUT2D eigenvalue weighted by atomic mass is 32.1. The summed E-state index contributed by atoms with van der Waals surface area (Å²) >= 11 is 1.25. The van der Waals surface area contributed by atoms with Crippen LogP contribution in [0.15, 0.2) is 48.5 Å². The lowest BCUT2D eigenvalue weighted by Gasteiger charge is -2.05. The van der Waals surface area contributed by atoms with Crippen molar-refractivity contribution < 1.29 is 19.0 Å². The summed E-state index contributed by atoms with van der Waals surface area (Å²) < 4.78 is 16.2. The Morgan fingerprint density at radius 1 is 0.963 bits per heavy atom. The van der Waals surface area contributed by atoms with Gasteiger partial charge >= 0.3 is 0 Å². The summed E-state index contributed by atoms with van der Waals surface area (Å²) in [6.07, 6.45) is 0. The van der Waals surface area contributed by atoms with E-state index in [0.29, 0.717) is 21.6 Å². The van der Waals surface area contributed by atoms with E-state index >= 15 is 0 Å². The van der Waals surface area contributed by atoms with Crippen molar-refractivity contribution in [2.24, 2.45) is 0 Å². The largest absolute Gasteiger partial charge is 0.497 e. The minimum atomic E-state index is -0.297. The van der Waals surface area contributed by atoms with Gasteiger partial charge in [0.2, 0.25) is 5.13 Å². The highest BCUT2D eigenvalue weighted by Crippen LogP contribution is 2.20. The van der Waals surface area contributed by atoms with Crippen molar-refractivity contribution in [3.8, 4) is 17.2 Å². The van der Waals surface area contributed by atoms with Crippen LogP contribution in [0.1, 0.15) is 10.6 Å². The third-order valence-electron chi connectivity index (χ3n) is 3.53. The molecule has 1 amide bonds. The van der Waals surface area contributed by atoms with Gasteiger partial charge in [-0.25, -0.2) is 0 Å². The molecular weight excluding hydrogens is 366 g/mol. The molecule has 0 radical (unpaired) electrons. The van der Waals surface area contributed by atoms with E-state index in [-0.39, 0.29) is 19.1 Å². The van der Waals surface area contributed by atoms with Crippen molar-refractivity contribution in [3.05, 3.63) is 59.1 Å². The van der Waals surface area contributed by atoms with Crippen molar-refractivity contribution in [1.29, 1.82) is 0 Å². The van der Waals surface area contributed by atoms with E-state index in [4.69, 9.17) is 14.2 Å². The minimum absolute atomic E-state index is 0.0969. The lowest BCUT2D eigenvalue weighted by molar-refractivity contribution is -0.118. The molecule has 0 saturated heterocycles. The summed E-state index contributed by atoms with van der Waals surface area (Å²) in [6, 6.07) is 14.7. The van der Waals surface area contributed by atoms with Crippen LogP contribution in [0.4, 0.5) is 5.13 Å². The number of carbonyl (C=O) groups excluding carboxylic acids is 1. The van der Waals surface area contributed by atoms with E-state index in [1.54, 1.807) is 7.11 Å². The monoisotopic (exact) mass is 385 g/mol. The summed E-state index contributed by atoms with van der Waals surface area (Å²) in [7, 11) is 1.61. The molecule has 7 nitrogen and oxygen atoms in total. The maximum absolute atomic E-state index is 12.0. The number of hydrogen-bond acceptors (Lipinski definition) is 7. The molecule has 27 heavy (non-hydrogen) atoms. The van der Waals surface area contributed by atoms with Crippen LogP contribution in [0, 0.1) is 6.92 Å². The molecule has 3 rings (SSSR count). The Hall–Kier alpha value is -3.13. The van der Waals surface area contributed by atoms with Gasteiger partial charge in [0.25, 0.3) is 5.91 Å². The van der Waals surface area contributed by atoms with Crippen molar-refractivity contribution in [3.63, 3.8) is 0 Å². The fourth-order valence-electron chi connectivity index (χ4n) is 2.12. The molecule has 2 aromatic carbocycles. The number of hydrogen-bond donors (Lipinski definition) is 1. The van der Waals surface area contributed by atoms with Crippen LogP contribution in [-0.2, 0) is 11.4 Å². The third kappa shape index (κ3) is 5.68. The SMILES string of the molecule is COc1ccc(OCc2nnc(NC(=O)COc3ccc(C)cc3)s2)cc1. The number of methoxy groups -OCH3 is 1. The summed E-state index contributed by atoms with van der Waals surface area (Å²) in [6.45, 7) is 2.15. The summed E-state index contributed by atoms with van der Waals surface area (Å²) in [5.74, 6) is 1.80. The van der Waals surface area contributed by atoms with Crippen LogP contribution in [0.25, 0.3) is 0 Å². The van der Waals surface area contributed by atoms with Gasteiger partial charge in [-0.3, -0.25) is 10.1 Å². The first-order valence-electron chi connectivity index (χ1n) is 8.21. The van der Waals surface area contributed by atoms with E-state index in [0.717, 1.165) is 11.3 Å². The summed E-state index contributed by atoms with van der Waals surface area (Å²) in [5, 5.41) is 11.7. The van der Waals surface area contributed by atoms with Crippen LogP contribution in [0.2, 0.25) is 0 Å². The zero-order valence-electron chi connectivity index (χ0n) is 15.0. The van der Waals surface area contributed by atoms with Gasteiger partial charge in [0, 0.05) is 0 Å². The quantitative estimate of drug-likeness (QED) is 0.639. The number of nitrogens with one attached hydrogen (secondary N) is 1. The zero-order valence-corrected chi connectivity index (χ0v) is 15.8. The first-order valence-corrected chi connectivity index (χ1v) is 9.02. The number of ether oxygens (including phenoxy) is 3. The van der Waals surface area contributed by atoms with Gasteiger partial charge in [-0.15, -0.1) is 10.2 Å². The Morgan fingerprint density at radius 2 is 1.59 bits per heavy atom. The lowest BCUT2D eigenvalue weighted by atomic mass is 10.2. The molecule has 0 bridgehead atoms. The molecule has 3 aromatic rings. The van der Waals surface area contributed by atoms with Crippen LogP contribution in [0.3, 0.4) is 0 Å². The molecule has 0 aliphatic rings. The molecular formula is C19H19N3O4S. The smallest absolute Gasteiger partial charge is 0.264 e. The second-order valence-electron chi connectivity index (χ2n) is 5.62. The van der Waals surface area contributed by atoms with E-state index in [1.165, 1.54) is 11.3 Å². The first-order chi connectivity index (χ1) is 13.1. The standard InChI is InChI=1S/C19H19N3O4S/c1-13-3-5-15(6-4-13)25-11-17(23)20-19-22-21-18(27-19)12-26-16-9-7-14(24-2)8-10-16/h3-10H,11-12H2,1-2H3,(H,20,22,23). The summed E-state index contributed by atoms with van der Waals surface area (Å²) in [4.78, 5) is 12.0. The van der Waals surface area contributed by atoms with Gasteiger partial charge < -0.3 is 14.2 Å². The van der Waals surface area contributed by atoms with Crippen LogP contribution in [-0.4, -0.2) is 29.8 Å². The fraction of sp³-hybridized carbons (Fsp3) is 0.211. The Labute approximate surface area is 160 Å². The Balaban J connectivity index is 1.45. The minimum Gasteiger partial charge on any atom is -0.497 e. The number of aryl methyl sites for hydroxylation is 1. The zero-order chi connectivity index (χ0) is 19.1. The van der Waals surface area contributed by atoms with Crippen molar-refractivity contribution >= 4 is 22.4 Å². The molecule has 0 aliphatic carbocycles. The maximum Gasteiger partial charge on any atom is 0.264 e. The normalized spacial score (nSPS) is 10.3. The number of rotatable bonds is 8. The molecule has 1 aromatic heterocycles. The molecule has 0 spiro atoms. The van der Waals surface area contributed by atoms with Gasteiger partial charge in [-0.2, -0.15) is 0 Å². The Morgan fingerprint density at radius 3 is 2.30 bits per heavy atom. The van der Waals surface area contributed by atoms with Crippen molar-refractivity contribution in [2.45, 2.75) is 13.5 Å². The van der Waals surface area contributed by atoms with Crippen LogP contribution >= 0.6 is 11.3 Å². The Bertz CT molecular complexity index is 879. The van der Waals surface area contributed by atoms with Gasteiger partial charge in [0.05, 0.1) is 7.11 Å². The van der Waals surface area contributed by atoms with Gasteiger partial charge in [-0.05, 0) is 43.3 Å². The maximum atomic E-state index is 12.0. The van der Waals surface area contributed by atoms with E-state index in [9.17, 15) is 4.79 Å². The predicted octanol–water partition coefficient (Wildman–Crippen LogP) is 3.45. The van der Waals surface area contributed by atoms with Crippen LogP contribution in [0.5, 0.6) is 17.2 Å². The number of anilines is 1. The molecule has 1 heterocycles. The molecule has 0 atom stereocenters. The van der Waals surface area contributed by atoms with E-state index < -0.39 is 0 Å². The topological polar surface area (TPSA) is 82.6 Å². The van der Waals surface area contributed by atoms with Crippen molar-refractivity contribution in [2.75, 3.05) is 19.0 Å². The predicted molar refractivity (Wildman–Crippen MR) is 103 cm³/mol. The number of nitrogens with zero attached hydrogens (tertiary/aromatic N) is 2. The fourth-order valence-corrected chi connectivity index (χ4v) is 2.79. The second kappa shape index (κ2) is 9.00. The van der Waals surface area contributed by atoms with E-state index in [2.05, 4.69) is 15.5 Å². The third-order valence-corrected chi connectivity index (χ3v) is 4.34. The molecule has 0 saturated carbocycles. The van der Waals surface area contributed by atoms with Crippen molar-refractivity contribution in [1.82, 2.24) is 10.2 Å². The molecule has 1 N–H and O–H groups in total. The lowest BCUT2D eigenvalue weighted by Crippen LogP contribution is -2.20. The number of benzene rings is 2. The molecule has 140 valence electrons. The van der Waals surface area contributed by atoms with Gasteiger partial charge in [0.1, 0.15) is 23.9 Å². The number of aromatic nitrogens is 2. The second-order valence-corrected chi connectivity index (χ2v) is 6.68. The average Bonchev–Trinajstić information content (AvgIpc) is 3.13.